The second-order valence-electron chi connectivity index (χ2n) is 3.84. The van der Waals surface area contributed by atoms with Gasteiger partial charge in [-0.2, -0.15) is 0 Å². The molecule has 1 aliphatic carbocycles. The van der Waals surface area contributed by atoms with Crippen molar-refractivity contribution in [1.82, 2.24) is 9.55 Å². The van der Waals surface area contributed by atoms with E-state index in [1.807, 2.05) is 19.4 Å². The summed E-state index contributed by atoms with van der Waals surface area (Å²) < 4.78 is 2.08. The summed E-state index contributed by atoms with van der Waals surface area (Å²) in [4.78, 5) is 4.30. The zero-order valence-corrected chi connectivity index (χ0v) is 7.45. The zero-order valence-electron chi connectivity index (χ0n) is 7.45. The molecular formula is C9H15N3. The molecule has 1 aromatic rings. The van der Waals surface area contributed by atoms with Crippen LogP contribution in [0, 0.1) is 5.41 Å². The topological polar surface area (TPSA) is 43.8 Å². The van der Waals surface area contributed by atoms with Crippen molar-refractivity contribution in [2.75, 3.05) is 6.54 Å². The van der Waals surface area contributed by atoms with Gasteiger partial charge in [0, 0.05) is 25.9 Å². The molecule has 0 aliphatic heterocycles. The summed E-state index contributed by atoms with van der Waals surface area (Å²) in [5.41, 5.74) is 6.10. The molecule has 0 aromatic carbocycles. The molecule has 12 heavy (non-hydrogen) atoms. The molecule has 1 fully saturated rings. The summed E-state index contributed by atoms with van der Waals surface area (Å²) in [6.45, 7) is 0.805. The van der Waals surface area contributed by atoms with Gasteiger partial charge in [-0.3, -0.25) is 0 Å². The maximum Gasteiger partial charge on any atom is 0.108 e. The number of hydrogen-bond donors (Lipinski definition) is 1. The van der Waals surface area contributed by atoms with E-state index in [-0.39, 0.29) is 0 Å². The van der Waals surface area contributed by atoms with E-state index in [2.05, 4.69) is 9.55 Å². The minimum absolute atomic E-state index is 0.402. The Balaban J connectivity index is 2.08. The number of rotatable bonds is 3. The summed E-state index contributed by atoms with van der Waals surface area (Å²) in [7, 11) is 2.04. The van der Waals surface area contributed by atoms with Gasteiger partial charge in [-0.25, -0.2) is 4.98 Å². The lowest BCUT2D eigenvalue weighted by molar-refractivity contribution is 0.497. The van der Waals surface area contributed by atoms with Crippen molar-refractivity contribution >= 4 is 0 Å². The fourth-order valence-corrected chi connectivity index (χ4v) is 1.53. The second-order valence-corrected chi connectivity index (χ2v) is 3.84. The van der Waals surface area contributed by atoms with E-state index in [1.165, 1.54) is 12.8 Å². The molecule has 0 unspecified atom stereocenters. The largest absolute Gasteiger partial charge is 0.338 e. The number of nitrogens with two attached hydrogens (primary N) is 1. The predicted molar refractivity (Wildman–Crippen MR) is 47.6 cm³/mol. The van der Waals surface area contributed by atoms with Crippen molar-refractivity contribution in [2.24, 2.45) is 18.2 Å². The summed E-state index contributed by atoms with van der Waals surface area (Å²) in [5.74, 6) is 1.16. The van der Waals surface area contributed by atoms with Gasteiger partial charge in [0.15, 0.2) is 0 Å². The Hall–Kier alpha value is -0.830. The molecule has 1 heterocycles. The van der Waals surface area contributed by atoms with E-state index >= 15 is 0 Å². The lowest BCUT2D eigenvalue weighted by Gasteiger charge is -2.10. The lowest BCUT2D eigenvalue weighted by Crippen LogP contribution is -2.19. The molecule has 0 spiro atoms. The van der Waals surface area contributed by atoms with Crippen LogP contribution < -0.4 is 5.73 Å². The van der Waals surface area contributed by atoms with Gasteiger partial charge in [0.1, 0.15) is 5.82 Å². The molecule has 66 valence electrons. The van der Waals surface area contributed by atoms with E-state index in [0.29, 0.717) is 5.41 Å². The Morgan fingerprint density at radius 1 is 1.67 bits per heavy atom. The number of aryl methyl sites for hydroxylation is 1. The highest BCUT2D eigenvalue weighted by molar-refractivity contribution is 5.04. The third-order valence-electron chi connectivity index (χ3n) is 2.84. The SMILES string of the molecule is Cn1ccnc1CC1(CN)CC1. The van der Waals surface area contributed by atoms with Crippen molar-refractivity contribution in [3.8, 4) is 0 Å². The normalized spacial score (nSPS) is 19.5. The first-order chi connectivity index (χ1) is 5.76. The quantitative estimate of drug-likeness (QED) is 0.716. The second kappa shape index (κ2) is 2.59. The van der Waals surface area contributed by atoms with E-state index in [1.54, 1.807) is 0 Å². The van der Waals surface area contributed by atoms with Crippen LogP contribution in [0.4, 0.5) is 0 Å². The molecule has 0 bridgehead atoms. The third kappa shape index (κ3) is 1.25. The van der Waals surface area contributed by atoms with Crippen LogP contribution in [0.25, 0.3) is 0 Å². The average Bonchev–Trinajstić information content (AvgIpc) is 2.74. The van der Waals surface area contributed by atoms with Crippen LogP contribution in [0.3, 0.4) is 0 Å². The minimum Gasteiger partial charge on any atom is -0.338 e. The maximum absolute atomic E-state index is 5.70. The third-order valence-corrected chi connectivity index (χ3v) is 2.84. The van der Waals surface area contributed by atoms with Crippen LogP contribution in [-0.4, -0.2) is 16.1 Å². The monoisotopic (exact) mass is 165 g/mol. The Labute approximate surface area is 72.6 Å². The predicted octanol–water partition coefficient (Wildman–Crippen LogP) is 0.701. The maximum atomic E-state index is 5.70. The van der Waals surface area contributed by atoms with E-state index in [0.717, 1.165) is 18.8 Å². The Bertz CT molecular complexity index is 273. The van der Waals surface area contributed by atoms with Gasteiger partial charge in [0.25, 0.3) is 0 Å². The zero-order chi connectivity index (χ0) is 8.60. The Kier molecular flexibility index (Phi) is 1.68. The van der Waals surface area contributed by atoms with Gasteiger partial charge >= 0.3 is 0 Å². The lowest BCUT2D eigenvalue weighted by atomic mass is 10.0. The summed E-state index contributed by atoms with van der Waals surface area (Å²) in [5, 5.41) is 0. The molecule has 1 aromatic heterocycles. The van der Waals surface area contributed by atoms with Crippen LogP contribution in [0.5, 0.6) is 0 Å². The van der Waals surface area contributed by atoms with Crippen LogP contribution >= 0.6 is 0 Å². The summed E-state index contributed by atoms with van der Waals surface area (Å²) >= 11 is 0. The highest BCUT2D eigenvalue weighted by atomic mass is 15.0. The van der Waals surface area contributed by atoms with Crippen molar-refractivity contribution in [2.45, 2.75) is 19.3 Å². The molecule has 2 N–H and O–H groups in total. The number of imidazole rings is 1. The van der Waals surface area contributed by atoms with Crippen LogP contribution in [-0.2, 0) is 13.5 Å². The minimum atomic E-state index is 0.402. The fourth-order valence-electron chi connectivity index (χ4n) is 1.53. The Morgan fingerprint density at radius 2 is 2.42 bits per heavy atom. The summed E-state index contributed by atoms with van der Waals surface area (Å²) in [6.07, 6.45) is 7.43. The summed E-state index contributed by atoms with van der Waals surface area (Å²) in [6, 6.07) is 0. The van der Waals surface area contributed by atoms with Gasteiger partial charge in [-0.15, -0.1) is 0 Å². The smallest absolute Gasteiger partial charge is 0.108 e. The highest BCUT2D eigenvalue weighted by Crippen LogP contribution is 2.46. The molecule has 0 atom stereocenters. The van der Waals surface area contributed by atoms with Gasteiger partial charge in [-0.05, 0) is 24.8 Å². The van der Waals surface area contributed by atoms with Crippen LogP contribution in [0.2, 0.25) is 0 Å². The molecule has 1 saturated carbocycles. The molecule has 0 amide bonds. The molecule has 3 nitrogen and oxygen atoms in total. The molecule has 0 radical (unpaired) electrons. The van der Waals surface area contributed by atoms with Gasteiger partial charge in [-0.1, -0.05) is 0 Å². The van der Waals surface area contributed by atoms with Crippen molar-refractivity contribution in [3.63, 3.8) is 0 Å². The van der Waals surface area contributed by atoms with E-state index in [4.69, 9.17) is 5.73 Å². The van der Waals surface area contributed by atoms with E-state index < -0.39 is 0 Å². The van der Waals surface area contributed by atoms with Crippen LogP contribution in [0.1, 0.15) is 18.7 Å². The first-order valence-corrected chi connectivity index (χ1v) is 4.42. The number of aromatic nitrogens is 2. The number of nitrogens with zero attached hydrogens (tertiary/aromatic N) is 2. The average molecular weight is 165 g/mol. The Morgan fingerprint density at radius 3 is 2.83 bits per heavy atom. The molecule has 3 heteroatoms. The molecule has 0 saturated heterocycles. The van der Waals surface area contributed by atoms with Crippen LogP contribution in [0.15, 0.2) is 12.4 Å². The molecule has 2 rings (SSSR count). The number of hydrogen-bond acceptors (Lipinski definition) is 2. The highest BCUT2D eigenvalue weighted by Gasteiger charge is 2.41. The van der Waals surface area contributed by atoms with Gasteiger partial charge in [0.05, 0.1) is 0 Å². The van der Waals surface area contributed by atoms with Gasteiger partial charge < -0.3 is 10.3 Å². The first kappa shape index (κ1) is 7.80. The standard InChI is InChI=1S/C9H15N3/c1-12-5-4-11-8(12)6-9(7-10)2-3-9/h4-5H,2-3,6-7,10H2,1H3. The van der Waals surface area contributed by atoms with Crippen molar-refractivity contribution in [1.29, 1.82) is 0 Å². The van der Waals surface area contributed by atoms with Gasteiger partial charge in [0.2, 0.25) is 0 Å². The van der Waals surface area contributed by atoms with Crippen molar-refractivity contribution in [3.05, 3.63) is 18.2 Å². The fraction of sp³-hybridized carbons (Fsp3) is 0.667. The van der Waals surface area contributed by atoms with Crippen molar-refractivity contribution < 1.29 is 0 Å². The van der Waals surface area contributed by atoms with E-state index in [9.17, 15) is 0 Å². The molecule has 1 aliphatic rings. The molecular weight excluding hydrogens is 150 g/mol. The first-order valence-electron chi connectivity index (χ1n) is 4.42.